The molecule has 1 N–H and O–H groups in total. The monoisotopic (exact) mass is 242 g/mol. The quantitative estimate of drug-likeness (QED) is 0.277. The van der Waals surface area contributed by atoms with Crippen LogP contribution in [0, 0.1) is 0 Å². The second-order valence-electron chi connectivity index (χ2n) is 4.30. The number of rotatable bonds is 10. The van der Waals surface area contributed by atoms with Gasteiger partial charge in [-0.2, -0.15) is 0 Å². The molecule has 0 bridgehead atoms. The second-order valence-corrected chi connectivity index (χ2v) is 4.30. The number of nitrogens with zero attached hydrogens (tertiary/aromatic N) is 2. The van der Waals surface area contributed by atoms with Gasteiger partial charge in [0, 0.05) is 13.0 Å². The Hall–Kier alpha value is -0.900. The summed E-state index contributed by atoms with van der Waals surface area (Å²) in [5, 5.41) is 12.1. The molecule has 0 unspecified atom stereocenters. The van der Waals surface area contributed by atoms with Crippen LogP contribution in [-0.4, -0.2) is 41.2 Å². The topological polar surface area (TPSA) is 52.9 Å². The lowest BCUT2D eigenvalue weighted by Gasteiger charge is -2.19. The first-order valence-corrected chi connectivity index (χ1v) is 6.65. The largest absolute Gasteiger partial charge is 0.411 e. The minimum absolute atomic E-state index is 0.0181. The van der Waals surface area contributed by atoms with Crippen molar-refractivity contribution in [2.75, 3.05) is 19.6 Å². The fraction of sp³-hybridized carbons (Fsp3) is 0.846. The summed E-state index contributed by atoms with van der Waals surface area (Å²) in [5.74, 6) is -0.0181. The van der Waals surface area contributed by atoms with Crippen LogP contribution in [0.15, 0.2) is 5.16 Å². The van der Waals surface area contributed by atoms with Crippen LogP contribution in [0.5, 0.6) is 0 Å². The van der Waals surface area contributed by atoms with E-state index in [9.17, 15) is 4.79 Å². The third-order valence-electron chi connectivity index (χ3n) is 2.81. The van der Waals surface area contributed by atoms with Crippen LogP contribution in [0.2, 0.25) is 0 Å². The van der Waals surface area contributed by atoms with Gasteiger partial charge >= 0.3 is 0 Å². The van der Waals surface area contributed by atoms with E-state index in [0.29, 0.717) is 18.7 Å². The summed E-state index contributed by atoms with van der Waals surface area (Å²) in [6.07, 6.45) is 4.56. The van der Waals surface area contributed by atoms with Crippen LogP contribution >= 0.6 is 0 Å². The first-order valence-electron chi connectivity index (χ1n) is 6.65. The Balaban J connectivity index is 4.17. The normalized spacial score (nSPS) is 12.1. The van der Waals surface area contributed by atoms with Crippen molar-refractivity contribution in [1.29, 1.82) is 0 Å². The molecule has 17 heavy (non-hydrogen) atoms. The summed E-state index contributed by atoms with van der Waals surface area (Å²) in [6.45, 7) is 8.51. The van der Waals surface area contributed by atoms with E-state index >= 15 is 0 Å². The third-order valence-corrected chi connectivity index (χ3v) is 2.81. The highest BCUT2D eigenvalue weighted by Gasteiger charge is 2.14. The maximum atomic E-state index is 11.8. The average molecular weight is 242 g/mol. The van der Waals surface area contributed by atoms with E-state index in [2.05, 4.69) is 23.9 Å². The molecule has 0 aromatic heterocycles. The average Bonchev–Trinajstić information content (AvgIpc) is 2.34. The molecule has 4 nitrogen and oxygen atoms in total. The summed E-state index contributed by atoms with van der Waals surface area (Å²) < 4.78 is 0. The minimum Gasteiger partial charge on any atom is -0.411 e. The number of unbranched alkanes of at least 4 members (excludes halogenated alkanes) is 2. The lowest BCUT2D eigenvalue weighted by Crippen LogP contribution is -2.34. The van der Waals surface area contributed by atoms with Crippen molar-refractivity contribution in [1.82, 2.24) is 4.90 Å². The van der Waals surface area contributed by atoms with Crippen molar-refractivity contribution < 1.29 is 10.0 Å². The molecule has 0 amide bonds. The lowest BCUT2D eigenvalue weighted by atomic mass is 10.1. The molecule has 0 spiro atoms. The predicted octanol–water partition coefficient (Wildman–Crippen LogP) is 2.70. The zero-order valence-electron chi connectivity index (χ0n) is 11.4. The van der Waals surface area contributed by atoms with Crippen molar-refractivity contribution in [2.24, 2.45) is 5.16 Å². The van der Waals surface area contributed by atoms with E-state index < -0.39 is 0 Å². The van der Waals surface area contributed by atoms with Gasteiger partial charge in [-0.25, -0.2) is 0 Å². The van der Waals surface area contributed by atoms with Gasteiger partial charge in [-0.1, -0.05) is 38.8 Å². The van der Waals surface area contributed by atoms with Crippen molar-refractivity contribution in [3.63, 3.8) is 0 Å². The Kier molecular flexibility index (Phi) is 9.72. The highest BCUT2D eigenvalue weighted by molar-refractivity contribution is 6.40. The molecule has 0 radical (unpaired) electrons. The molecule has 0 saturated carbocycles. The number of carbonyl (C=O) groups excluding carboxylic acids is 1. The summed E-state index contributed by atoms with van der Waals surface area (Å²) >= 11 is 0. The smallest absolute Gasteiger partial charge is 0.181 e. The molecule has 0 heterocycles. The molecule has 0 rings (SSSR count). The van der Waals surface area contributed by atoms with Crippen molar-refractivity contribution >= 4 is 11.5 Å². The van der Waals surface area contributed by atoms with Crippen LogP contribution in [-0.2, 0) is 4.79 Å². The van der Waals surface area contributed by atoms with Crippen LogP contribution in [0.25, 0.3) is 0 Å². The van der Waals surface area contributed by atoms with E-state index in [-0.39, 0.29) is 5.78 Å². The van der Waals surface area contributed by atoms with Gasteiger partial charge in [0.15, 0.2) is 5.78 Å². The molecule has 0 aliphatic rings. The highest BCUT2D eigenvalue weighted by Crippen LogP contribution is 2.02. The first-order chi connectivity index (χ1) is 8.19. The van der Waals surface area contributed by atoms with Gasteiger partial charge in [0.2, 0.25) is 0 Å². The molecule has 0 saturated heterocycles. The fourth-order valence-electron chi connectivity index (χ4n) is 1.73. The van der Waals surface area contributed by atoms with E-state index in [0.717, 1.165) is 38.8 Å². The second kappa shape index (κ2) is 10.3. The number of carbonyl (C=O) groups is 1. The van der Waals surface area contributed by atoms with E-state index in [1.165, 1.54) is 0 Å². The molecular weight excluding hydrogens is 216 g/mol. The van der Waals surface area contributed by atoms with Crippen molar-refractivity contribution in [3.8, 4) is 0 Å². The predicted molar refractivity (Wildman–Crippen MR) is 70.8 cm³/mol. The number of ketones is 1. The van der Waals surface area contributed by atoms with Crippen LogP contribution in [0.3, 0.4) is 0 Å². The van der Waals surface area contributed by atoms with E-state index in [4.69, 9.17) is 5.21 Å². The zero-order chi connectivity index (χ0) is 13.1. The van der Waals surface area contributed by atoms with Gasteiger partial charge in [-0.15, -0.1) is 0 Å². The fourth-order valence-corrected chi connectivity index (χ4v) is 1.73. The highest BCUT2D eigenvalue weighted by atomic mass is 16.4. The zero-order valence-corrected chi connectivity index (χ0v) is 11.4. The van der Waals surface area contributed by atoms with E-state index in [1.807, 2.05) is 6.92 Å². The molecule has 0 atom stereocenters. The standard InChI is InChI=1S/C13H26N2O2/c1-4-7-8-9-13(16)12(14-17)11-15(6-3)10-5-2/h17H,4-11H2,1-3H3. The molecular formula is C13H26N2O2. The summed E-state index contributed by atoms with van der Waals surface area (Å²) in [7, 11) is 0. The summed E-state index contributed by atoms with van der Waals surface area (Å²) in [4.78, 5) is 13.9. The van der Waals surface area contributed by atoms with Gasteiger partial charge in [-0.05, 0) is 25.9 Å². The molecule has 0 aliphatic heterocycles. The minimum atomic E-state index is -0.0181. The molecule has 0 aromatic rings. The van der Waals surface area contributed by atoms with Gasteiger partial charge < -0.3 is 5.21 Å². The van der Waals surface area contributed by atoms with Gasteiger partial charge in [0.05, 0.1) is 0 Å². The number of hydrogen-bond acceptors (Lipinski definition) is 4. The van der Waals surface area contributed by atoms with Crippen LogP contribution in [0.1, 0.15) is 52.9 Å². The summed E-state index contributed by atoms with van der Waals surface area (Å²) in [5.41, 5.74) is 0.302. The van der Waals surface area contributed by atoms with Crippen molar-refractivity contribution in [2.45, 2.75) is 52.9 Å². The number of Topliss-reactive ketones (excluding diaryl/α,β-unsaturated/α-hetero) is 1. The number of hydrogen-bond donors (Lipinski definition) is 1. The Morgan fingerprint density at radius 1 is 1.18 bits per heavy atom. The molecule has 4 heteroatoms. The summed E-state index contributed by atoms with van der Waals surface area (Å²) in [6, 6.07) is 0. The molecule has 0 aliphatic carbocycles. The maximum absolute atomic E-state index is 11.8. The number of oxime groups is 1. The van der Waals surface area contributed by atoms with Gasteiger partial charge in [0.25, 0.3) is 0 Å². The maximum Gasteiger partial charge on any atom is 0.181 e. The Morgan fingerprint density at radius 2 is 1.88 bits per heavy atom. The third kappa shape index (κ3) is 7.10. The Bertz CT molecular complexity index is 240. The van der Waals surface area contributed by atoms with Crippen molar-refractivity contribution in [3.05, 3.63) is 0 Å². The Morgan fingerprint density at radius 3 is 2.35 bits per heavy atom. The SMILES string of the molecule is CCCCCC(=O)C(CN(CC)CCC)=NO. The van der Waals surface area contributed by atoms with Gasteiger partial charge in [-0.3, -0.25) is 9.69 Å². The molecule has 0 fully saturated rings. The van der Waals surface area contributed by atoms with Crippen LogP contribution < -0.4 is 0 Å². The van der Waals surface area contributed by atoms with Crippen LogP contribution in [0.4, 0.5) is 0 Å². The molecule has 0 aromatic carbocycles. The van der Waals surface area contributed by atoms with Gasteiger partial charge in [0.1, 0.15) is 5.71 Å². The molecule has 100 valence electrons. The first kappa shape index (κ1) is 16.1. The lowest BCUT2D eigenvalue weighted by molar-refractivity contribution is -0.113. The van der Waals surface area contributed by atoms with E-state index in [1.54, 1.807) is 0 Å². The Labute approximate surface area is 105 Å².